The molecule has 1 aromatic carbocycles. The SMILES string of the molecule is O=[N+]([O-])c1cc(C(F)(F)F)c(Cl)cc1N1CCC(N2CCCC2)C1. The topological polar surface area (TPSA) is 49.6 Å². The fraction of sp³-hybridized carbons (Fsp3) is 0.600. The van der Waals surface area contributed by atoms with Gasteiger partial charge in [0, 0.05) is 25.2 Å². The highest BCUT2D eigenvalue weighted by atomic mass is 35.5. The molecule has 24 heavy (non-hydrogen) atoms. The van der Waals surface area contributed by atoms with Crippen molar-refractivity contribution in [2.45, 2.75) is 31.5 Å². The van der Waals surface area contributed by atoms with Gasteiger partial charge in [0.25, 0.3) is 5.69 Å². The van der Waals surface area contributed by atoms with Gasteiger partial charge >= 0.3 is 6.18 Å². The summed E-state index contributed by atoms with van der Waals surface area (Å²) >= 11 is 5.75. The third kappa shape index (κ3) is 3.30. The molecule has 0 aromatic heterocycles. The van der Waals surface area contributed by atoms with E-state index in [-0.39, 0.29) is 11.7 Å². The number of rotatable bonds is 3. The second-order valence-electron chi connectivity index (χ2n) is 6.21. The number of halogens is 4. The Labute approximate surface area is 142 Å². The molecule has 1 aromatic rings. The Morgan fingerprint density at radius 2 is 1.88 bits per heavy atom. The van der Waals surface area contributed by atoms with Crippen LogP contribution in [0.15, 0.2) is 12.1 Å². The lowest BCUT2D eigenvalue weighted by atomic mass is 10.1. The number of benzene rings is 1. The first kappa shape index (κ1) is 17.3. The molecule has 3 rings (SSSR count). The Hall–Kier alpha value is -1.54. The molecule has 5 nitrogen and oxygen atoms in total. The number of hydrogen-bond acceptors (Lipinski definition) is 4. The molecule has 2 fully saturated rings. The van der Waals surface area contributed by atoms with Crippen LogP contribution in [-0.4, -0.2) is 42.0 Å². The monoisotopic (exact) mass is 363 g/mol. The fourth-order valence-corrected chi connectivity index (χ4v) is 3.80. The van der Waals surface area contributed by atoms with Crippen LogP contribution in [0.2, 0.25) is 5.02 Å². The van der Waals surface area contributed by atoms with Gasteiger partial charge < -0.3 is 4.90 Å². The molecule has 0 N–H and O–H groups in total. The number of likely N-dealkylation sites (tertiary alicyclic amines) is 1. The van der Waals surface area contributed by atoms with E-state index in [9.17, 15) is 23.3 Å². The van der Waals surface area contributed by atoms with Crippen molar-refractivity contribution in [1.29, 1.82) is 0 Å². The Bertz CT molecular complexity index is 648. The minimum Gasteiger partial charge on any atom is -0.364 e. The van der Waals surface area contributed by atoms with Gasteiger partial charge in [-0.1, -0.05) is 11.6 Å². The summed E-state index contributed by atoms with van der Waals surface area (Å²) in [4.78, 5) is 14.6. The summed E-state index contributed by atoms with van der Waals surface area (Å²) < 4.78 is 38.8. The van der Waals surface area contributed by atoms with Crippen LogP contribution in [0, 0.1) is 10.1 Å². The zero-order valence-electron chi connectivity index (χ0n) is 12.9. The Morgan fingerprint density at radius 3 is 2.46 bits per heavy atom. The van der Waals surface area contributed by atoms with Crippen LogP contribution in [0.1, 0.15) is 24.8 Å². The van der Waals surface area contributed by atoms with Crippen molar-refractivity contribution in [2.75, 3.05) is 31.1 Å². The predicted octanol–water partition coefficient (Wildman–Crippen LogP) is 3.94. The molecule has 2 saturated heterocycles. The van der Waals surface area contributed by atoms with Crippen LogP contribution < -0.4 is 4.90 Å². The first-order chi connectivity index (χ1) is 11.3. The molecule has 2 heterocycles. The minimum atomic E-state index is -4.72. The summed E-state index contributed by atoms with van der Waals surface area (Å²) in [5.74, 6) is 0. The van der Waals surface area contributed by atoms with Gasteiger partial charge in [-0.15, -0.1) is 0 Å². The van der Waals surface area contributed by atoms with Gasteiger partial charge in [-0.25, -0.2) is 0 Å². The maximum Gasteiger partial charge on any atom is 0.418 e. The largest absolute Gasteiger partial charge is 0.418 e. The Balaban J connectivity index is 1.90. The lowest BCUT2D eigenvalue weighted by molar-refractivity contribution is -0.384. The highest BCUT2D eigenvalue weighted by Crippen LogP contribution is 2.42. The summed E-state index contributed by atoms with van der Waals surface area (Å²) in [5.41, 5.74) is -1.55. The molecule has 2 aliphatic rings. The van der Waals surface area contributed by atoms with Gasteiger partial charge in [0.15, 0.2) is 0 Å². The molecule has 0 radical (unpaired) electrons. The van der Waals surface area contributed by atoms with E-state index >= 15 is 0 Å². The van der Waals surface area contributed by atoms with Crippen molar-refractivity contribution in [3.8, 4) is 0 Å². The van der Waals surface area contributed by atoms with Crippen molar-refractivity contribution >= 4 is 23.0 Å². The first-order valence-corrected chi connectivity index (χ1v) is 8.19. The molecule has 0 spiro atoms. The molecule has 1 atom stereocenters. The normalized spacial score (nSPS) is 22.3. The molecule has 0 saturated carbocycles. The lowest BCUT2D eigenvalue weighted by Crippen LogP contribution is -2.35. The van der Waals surface area contributed by atoms with Gasteiger partial charge in [0.2, 0.25) is 0 Å². The molecule has 1 unspecified atom stereocenters. The van der Waals surface area contributed by atoms with Crippen molar-refractivity contribution in [1.82, 2.24) is 4.90 Å². The molecule has 9 heteroatoms. The van der Waals surface area contributed by atoms with Crippen LogP contribution in [-0.2, 0) is 6.18 Å². The highest BCUT2D eigenvalue weighted by molar-refractivity contribution is 6.31. The van der Waals surface area contributed by atoms with Gasteiger partial charge in [0.1, 0.15) is 5.69 Å². The molecule has 0 bridgehead atoms. The van der Waals surface area contributed by atoms with Crippen LogP contribution in [0.25, 0.3) is 0 Å². The van der Waals surface area contributed by atoms with Crippen LogP contribution in [0.3, 0.4) is 0 Å². The third-order valence-corrected chi connectivity index (χ3v) is 5.04. The number of anilines is 1. The quantitative estimate of drug-likeness (QED) is 0.603. The number of alkyl halides is 3. The highest BCUT2D eigenvalue weighted by Gasteiger charge is 2.38. The smallest absolute Gasteiger partial charge is 0.364 e. The third-order valence-electron chi connectivity index (χ3n) is 4.73. The molecular weight excluding hydrogens is 347 g/mol. The van der Waals surface area contributed by atoms with Gasteiger partial charge in [-0.3, -0.25) is 15.0 Å². The summed E-state index contributed by atoms with van der Waals surface area (Å²) in [6.07, 6.45) is -1.59. The number of nitro benzene ring substituents is 1. The molecule has 2 aliphatic heterocycles. The second kappa shape index (κ2) is 6.40. The Morgan fingerprint density at radius 1 is 1.21 bits per heavy atom. The average Bonchev–Trinajstić information content (AvgIpc) is 3.16. The summed E-state index contributed by atoms with van der Waals surface area (Å²) in [6.45, 7) is 3.16. The maximum atomic E-state index is 12.9. The van der Waals surface area contributed by atoms with Crippen molar-refractivity contribution in [3.63, 3.8) is 0 Å². The maximum absolute atomic E-state index is 12.9. The predicted molar refractivity (Wildman–Crippen MR) is 84.5 cm³/mol. The zero-order chi connectivity index (χ0) is 17.5. The lowest BCUT2D eigenvalue weighted by Gasteiger charge is -2.24. The average molecular weight is 364 g/mol. The van der Waals surface area contributed by atoms with Crippen LogP contribution in [0.4, 0.5) is 24.5 Å². The van der Waals surface area contributed by atoms with E-state index in [0.717, 1.165) is 38.4 Å². The van der Waals surface area contributed by atoms with E-state index < -0.39 is 27.4 Å². The van der Waals surface area contributed by atoms with Crippen molar-refractivity contribution in [2.24, 2.45) is 0 Å². The molecule has 132 valence electrons. The second-order valence-corrected chi connectivity index (χ2v) is 6.61. The minimum absolute atomic E-state index is 0.166. The van der Waals surface area contributed by atoms with Gasteiger partial charge in [0.05, 0.1) is 15.5 Å². The number of hydrogen-bond donors (Lipinski definition) is 0. The summed E-state index contributed by atoms with van der Waals surface area (Å²) in [6, 6.07) is 1.91. The van der Waals surface area contributed by atoms with Gasteiger partial charge in [-0.05, 0) is 38.4 Å². The fourth-order valence-electron chi connectivity index (χ4n) is 3.53. The van der Waals surface area contributed by atoms with E-state index in [1.165, 1.54) is 0 Å². The van der Waals surface area contributed by atoms with Crippen LogP contribution in [0.5, 0.6) is 0 Å². The van der Waals surface area contributed by atoms with E-state index in [4.69, 9.17) is 11.6 Å². The van der Waals surface area contributed by atoms with E-state index in [1.807, 2.05) is 0 Å². The molecule has 0 amide bonds. The molecule has 0 aliphatic carbocycles. The summed E-state index contributed by atoms with van der Waals surface area (Å²) in [5, 5.41) is 10.8. The summed E-state index contributed by atoms with van der Waals surface area (Å²) in [7, 11) is 0. The van der Waals surface area contributed by atoms with E-state index in [0.29, 0.717) is 19.2 Å². The Kier molecular flexibility index (Phi) is 4.61. The standard InChI is InChI=1S/C15H17ClF3N3O2/c16-12-8-13(14(22(23)24)7-11(12)15(17,18)19)21-6-3-10(9-21)20-4-1-2-5-20/h7-8,10H,1-6,9H2. The molecular formula is C15H17ClF3N3O2. The zero-order valence-corrected chi connectivity index (χ0v) is 13.6. The van der Waals surface area contributed by atoms with E-state index in [1.54, 1.807) is 4.90 Å². The van der Waals surface area contributed by atoms with Crippen molar-refractivity contribution in [3.05, 3.63) is 32.8 Å². The number of nitro groups is 1. The van der Waals surface area contributed by atoms with Gasteiger partial charge in [-0.2, -0.15) is 13.2 Å². The van der Waals surface area contributed by atoms with E-state index in [2.05, 4.69) is 4.90 Å². The number of nitrogens with zero attached hydrogens (tertiary/aromatic N) is 3. The van der Waals surface area contributed by atoms with Crippen molar-refractivity contribution < 1.29 is 18.1 Å². The first-order valence-electron chi connectivity index (χ1n) is 7.81. The van der Waals surface area contributed by atoms with Crippen LogP contribution >= 0.6 is 11.6 Å².